The highest BCUT2D eigenvalue weighted by Gasteiger charge is 2.65. The van der Waals surface area contributed by atoms with Crippen molar-refractivity contribution in [3.05, 3.63) is 12.2 Å². The minimum atomic E-state index is -1.46. The Morgan fingerprint density at radius 3 is 2.24 bits per heavy atom. The summed E-state index contributed by atoms with van der Waals surface area (Å²) in [5, 5.41) is 22.4. The second kappa shape index (κ2) is 6.51. The molecule has 0 bridgehead atoms. The summed E-state index contributed by atoms with van der Waals surface area (Å²) in [6, 6.07) is 0. The lowest BCUT2D eigenvalue weighted by molar-refractivity contribution is -0.262. The third kappa shape index (κ3) is 3.41. The number of hydrogen-bond donors (Lipinski definition) is 2. The summed E-state index contributed by atoms with van der Waals surface area (Å²) in [4.78, 5) is 23.1. The Hall–Kier alpha value is -1.20. The molecule has 2 aliphatic carbocycles. The average Bonchev–Trinajstić information content (AvgIpc) is 2.41. The SMILES string of the molecule is CC(=O)/C=C/[C@H]1[C@](C)(O)[C@@H](OC(C)=O)[C@H](O)[C@H]2C(C)(C)CCC[C@@]21C. The van der Waals surface area contributed by atoms with Crippen molar-refractivity contribution < 1.29 is 24.5 Å². The lowest BCUT2D eigenvalue weighted by Gasteiger charge is -2.63. The zero-order valence-corrected chi connectivity index (χ0v) is 16.2. The molecule has 25 heavy (non-hydrogen) atoms. The first-order valence-electron chi connectivity index (χ1n) is 9.10. The third-order valence-electron chi connectivity index (χ3n) is 6.47. The topological polar surface area (TPSA) is 83.8 Å². The molecule has 0 radical (unpaired) electrons. The van der Waals surface area contributed by atoms with Gasteiger partial charge in [-0.25, -0.2) is 0 Å². The van der Waals surface area contributed by atoms with E-state index in [0.29, 0.717) is 0 Å². The number of aliphatic hydroxyl groups is 2. The zero-order valence-electron chi connectivity index (χ0n) is 16.2. The Morgan fingerprint density at radius 1 is 1.12 bits per heavy atom. The summed E-state index contributed by atoms with van der Waals surface area (Å²) < 4.78 is 5.39. The Labute approximate surface area is 150 Å². The smallest absolute Gasteiger partial charge is 0.303 e. The molecule has 0 aromatic carbocycles. The van der Waals surface area contributed by atoms with E-state index in [0.717, 1.165) is 19.3 Å². The van der Waals surface area contributed by atoms with Gasteiger partial charge in [-0.15, -0.1) is 0 Å². The molecule has 0 saturated heterocycles. The minimum Gasteiger partial charge on any atom is -0.457 e. The molecule has 142 valence electrons. The number of esters is 1. The third-order valence-corrected chi connectivity index (χ3v) is 6.47. The molecule has 2 rings (SSSR count). The molecule has 2 aliphatic rings. The van der Waals surface area contributed by atoms with Crippen LogP contribution >= 0.6 is 0 Å². The molecule has 0 amide bonds. The number of fused-ring (bicyclic) bond motifs is 1. The molecule has 6 atom stereocenters. The van der Waals surface area contributed by atoms with Gasteiger partial charge in [0.1, 0.15) is 5.60 Å². The summed E-state index contributed by atoms with van der Waals surface area (Å²) in [7, 11) is 0. The highest BCUT2D eigenvalue weighted by molar-refractivity contribution is 5.87. The van der Waals surface area contributed by atoms with Crippen LogP contribution in [0.15, 0.2) is 12.2 Å². The fourth-order valence-electron chi connectivity index (χ4n) is 5.71. The van der Waals surface area contributed by atoms with Gasteiger partial charge in [0.2, 0.25) is 0 Å². The van der Waals surface area contributed by atoms with Gasteiger partial charge in [0.05, 0.1) is 6.10 Å². The fraction of sp³-hybridized carbons (Fsp3) is 0.800. The van der Waals surface area contributed by atoms with E-state index < -0.39 is 35.1 Å². The number of hydrogen-bond acceptors (Lipinski definition) is 5. The summed E-state index contributed by atoms with van der Waals surface area (Å²) in [6.45, 7) is 10.7. The second-order valence-corrected chi connectivity index (χ2v) is 9.02. The second-order valence-electron chi connectivity index (χ2n) is 9.02. The largest absolute Gasteiger partial charge is 0.457 e. The number of rotatable bonds is 3. The lowest BCUT2D eigenvalue weighted by atomic mass is 9.44. The highest BCUT2D eigenvalue weighted by atomic mass is 16.6. The summed E-state index contributed by atoms with van der Waals surface area (Å²) in [6.07, 6.45) is 4.04. The van der Waals surface area contributed by atoms with Gasteiger partial charge in [-0.2, -0.15) is 0 Å². The number of ketones is 1. The molecule has 5 heteroatoms. The van der Waals surface area contributed by atoms with Crippen LogP contribution in [0.2, 0.25) is 0 Å². The van der Waals surface area contributed by atoms with E-state index in [1.165, 1.54) is 19.9 Å². The molecule has 0 unspecified atom stereocenters. The van der Waals surface area contributed by atoms with Crippen molar-refractivity contribution >= 4 is 11.8 Å². The predicted molar refractivity (Wildman–Crippen MR) is 94.7 cm³/mol. The molecular weight excluding hydrogens is 320 g/mol. The minimum absolute atomic E-state index is 0.0961. The van der Waals surface area contributed by atoms with Crippen LogP contribution in [0.1, 0.15) is 60.8 Å². The zero-order chi connectivity index (χ0) is 19.2. The van der Waals surface area contributed by atoms with E-state index in [2.05, 4.69) is 20.8 Å². The molecule has 0 aromatic heterocycles. The van der Waals surface area contributed by atoms with Gasteiger partial charge >= 0.3 is 5.97 Å². The van der Waals surface area contributed by atoms with Gasteiger partial charge in [-0.05, 0) is 49.5 Å². The van der Waals surface area contributed by atoms with Gasteiger partial charge in [0.25, 0.3) is 0 Å². The quantitative estimate of drug-likeness (QED) is 0.602. The fourth-order valence-corrected chi connectivity index (χ4v) is 5.71. The maximum Gasteiger partial charge on any atom is 0.303 e. The lowest BCUT2D eigenvalue weighted by Crippen LogP contribution is -2.70. The molecule has 5 nitrogen and oxygen atoms in total. The van der Waals surface area contributed by atoms with Crippen molar-refractivity contribution in [2.75, 3.05) is 0 Å². The van der Waals surface area contributed by atoms with Crippen molar-refractivity contribution in [1.82, 2.24) is 0 Å². The number of carbonyl (C=O) groups excluding carboxylic acids is 2. The maximum atomic E-state index is 11.6. The van der Waals surface area contributed by atoms with Crippen LogP contribution in [-0.4, -0.2) is 39.8 Å². The Bertz CT molecular complexity index is 577. The normalized spacial score (nSPS) is 43.5. The van der Waals surface area contributed by atoms with Crippen LogP contribution in [0.25, 0.3) is 0 Å². The van der Waals surface area contributed by atoms with Crippen molar-refractivity contribution in [2.24, 2.45) is 22.7 Å². The van der Waals surface area contributed by atoms with E-state index in [1.807, 2.05) is 0 Å². The Kier molecular flexibility index (Phi) is 5.24. The van der Waals surface area contributed by atoms with Crippen molar-refractivity contribution in [1.29, 1.82) is 0 Å². The van der Waals surface area contributed by atoms with Crippen LogP contribution in [0, 0.1) is 22.7 Å². The molecular formula is C20H32O5. The predicted octanol–water partition coefficient (Wildman–Crippen LogP) is 2.64. The molecule has 0 aromatic rings. The Balaban J connectivity index is 2.60. The van der Waals surface area contributed by atoms with E-state index in [9.17, 15) is 19.8 Å². The van der Waals surface area contributed by atoms with Crippen LogP contribution in [-0.2, 0) is 14.3 Å². The van der Waals surface area contributed by atoms with Gasteiger partial charge in [-0.3, -0.25) is 9.59 Å². The van der Waals surface area contributed by atoms with Crippen LogP contribution < -0.4 is 0 Å². The highest BCUT2D eigenvalue weighted by Crippen LogP contribution is 2.62. The first-order valence-corrected chi connectivity index (χ1v) is 9.10. The van der Waals surface area contributed by atoms with Gasteiger partial charge < -0.3 is 14.9 Å². The molecule has 2 fully saturated rings. The summed E-state index contributed by atoms with van der Waals surface area (Å²) >= 11 is 0. The number of carbonyl (C=O) groups is 2. The first kappa shape index (κ1) is 20.1. The molecule has 0 heterocycles. The van der Waals surface area contributed by atoms with Crippen LogP contribution in [0.3, 0.4) is 0 Å². The first-order chi connectivity index (χ1) is 11.3. The van der Waals surface area contributed by atoms with E-state index >= 15 is 0 Å². The van der Waals surface area contributed by atoms with Gasteiger partial charge in [-0.1, -0.05) is 33.3 Å². The standard InChI is InChI=1S/C20H32O5/c1-12(21)8-9-14-19(5)11-7-10-18(3,4)16(19)15(23)17(20(14,6)24)25-13(2)22/h8-9,14-17,23-24H,7,10-11H2,1-6H3/b9-8+/t14-,15-,16+,17+,19-,20+/m1/s1. The summed E-state index contributed by atoms with van der Waals surface area (Å²) in [5.74, 6) is -1.18. The number of ether oxygens (including phenoxy) is 1. The van der Waals surface area contributed by atoms with Crippen LogP contribution in [0.4, 0.5) is 0 Å². The summed E-state index contributed by atoms with van der Waals surface area (Å²) in [5.41, 5.74) is -2.02. The molecule has 0 spiro atoms. The molecule has 0 aliphatic heterocycles. The maximum absolute atomic E-state index is 11.6. The monoisotopic (exact) mass is 352 g/mol. The van der Waals surface area contributed by atoms with Crippen molar-refractivity contribution in [3.63, 3.8) is 0 Å². The molecule has 2 N–H and O–H groups in total. The number of aliphatic hydroxyl groups excluding tert-OH is 1. The van der Waals surface area contributed by atoms with Gasteiger partial charge in [0, 0.05) is 12.8 Å². The Morgan fingerprint density at radius 2 is 1.72 bits per heavy atom. The number of allylic oxidation sites excluding steroid dienone is 1. The van der Waals surface area contributed by atoms with Crippen molar-refractivity contribution in [3.8, 4) is 0 Å². The van der Waals surface area contributed by atoms with Gasteiger partial charge in [0.15, 0.2) is 11.9 Å². The van der Waals surface area contributed by atoms with Crippen molar-refractivity contribution in [2.45, 2.75) is 78.6 Å². The van der Waals surface area contributed by atoms with E-state index in [1.54, 1.807) is 13.0 Å². The van der Waals surface area contributed by atoms with E-state index in [-0.39, 0.29) is 17.1 Å². The van der Waals surface area contributed by atoms with E-state index in [4.69, 9.17) is 4.74 Å². The average molecular weight is 352 g/mol. The molecule has 2 saturated carbocycles. The van der Waals surface area contributed by atoms with Crippen LogP contribution in [0.5, 0.6) is 0 Å².